The van der Waals surface area contributed by atoms with Crippen LogP contribution in [0.25, 0.3) is 0 Å². The molecule has 0 aliphatic carbocycles. The van der Waals surface area contributed by atoms with Crippen molar-refractivity contribution in [3.05, 3.63) is 16.4 Å². The van der Waals surface area contributed by atoms with Crippen molar-refractivity contribution in [2.75, 3.05) is 13.1 Å². The summed E-state index contributed by atoms with van der Waals surface area (Å²) in [4.78, 5) is 2.57. The first-order valence-corrected chi connectivity index (χ1v) is 8.21. The zero-order chi connectivity index (χ0) is 15.6. The molecule has 5 nitrogen and oxygen atoms in total. The Morgan fingerprint density at radius 1 is 1.43 bits per heavy atom. The van der Waals surface area contributed by atoms with Crippen molar-refractivity contribution in [1.29, 1.82) is 0 Å². The Labute approximate surface area is 132 Å². The van der Waals surface area contributed by atoms with Gasteiger partial charge < -0.3 is 0 Å². The Kier molecular flexibility index (Phi) is 5.30. The Morgan fingerprint density at radius 3 is 2.48 bits per heavy atom. The number of likely N-dealkylation sites (tertiary alicyclic amines) is 1. The number of rotatable bonds is 6. The molecule has 120 valence electrons. The van der Waals surface area contributed by atoms with Crippen LogP contribution in [0.2, 0.25) is 5.15 Å². The fourth-order valence-electron chi connectivity index (χ4n) is 3.49. The SMILES string of the molecule is CCC(C)(C(Cc1c(C)nn(C)c1Cl)NN)N1CCCC1. The third kappa shape index (κ3) is 3.11. The Balaban J connectivity index is 2.25. The first kappa shape index (κ1) is 16.7. The largest absolute Gasteiger partial charge is 0.296 e. The summed E-state index contributed by atoms with van der Waals surface area (Å²) in [6.45, 7) is 8.86. The van der Waals surface area contributed by atoms with Crippen molar-refractivity contribution in [3.8, 4) is 0 Å². The molecule has 1 aromatic heterocycles. The number of halogens is 1. The van der Waals surface area contributed by atoms with Crippen LogP contribution < -0.4 is 11.3 Å². The molecule has 0 amide bonds. The van der Waals surface area contributed by atoms with Gasteiger partial charge >= 0.3 is 0 Å². The standard InChI is InChI=1S/C15H28ClN5/c1-5-15(3,21-8-6-7-9-21)13(18-17)10-12-11(2)19-20(4)14(12)16/h13,18H,5-10,17H2,1-4H3. The second kappa shape index (κ2) is 6.65. The highest BCUT2D eigenvalue weighted by Crippen LogP contribution is 2.31. The van der Waals surface area contributed by atoms with Gasteiger partial charge in [0.2, 0.25) is 0 Å². The van der Waals surface area contributed by atoms with Crippen LogP contribution in [-0.4, -0.2) is 39.4 Å². The van der Waals surface area contributed by atoms with Gasteiger partial charge in [0.15, 0.2) is 0 Å². The molecule has 2 unspecified atom stereocenters. The van der Waals surface area contributed by atoms with E-state index in [1.54, 1.807) is 4.68 Å². The van der Waals surface area contributed by atoms with Crippen molar-refractivity contribution in [2.45, 2.75) is 58.0 Å². The maximum absolute atomic E-state index is 6.39. The van der Waals surface area contributed by atoms with E-state index in [4.69, 9.17) is 17.4 Å². The van der Waals surface area contributed by atoms with Gasteiger partial charge in [-0.3, -0.25) is 20.9 Å². The number of hydrogen-bond acceptors (Lipinski definition) is 4. The molecule has 0 spiro atoms. The van der Waals surface area contributed by atoms with Gasteiger partial charge in [0.05, 0.1) is 5.69 Å². The third-order valence-electron chi connectivity index (χ3n) is 5.17. The molecule has 0 aromatic carbocycles. The van der Waals surface area contributed by atoms with Crippen LogP contribution in [0.5, 0.6) is 0 Å². The number of aromatic nitrogens is 2. The third-order valence-corrected chi connectivity index (χ3v) is 5.65. The topological polar surface area (TPSA) is 59.1 Å². The van der Waals surface area contributed by atoms with Crippen LogP contribution in [0.4, 0.5) is 0 Å². The summed E-state index contributed by atoms with van der Waals surface area (Å²) in [5.74, 6) is 5.91. The summed E-state index contributed by atoms with van der Waals surface area (Å²) in [5, 5.41) is 5.12. The van der Waals surface area contributed by atoms with Crippen LogP contribution >= 0.6 is 11.6 Å². The summed E-state index contributed by atoms with van der Waals surface area (Å²) in [7, 11) is 1.88. The highest BCUT2D eigenvalue weighted by atomic mass is 35.5. The minimum atomic E-state index is 0.0386. The van der Waals surface area contributed by atoms with Gasteiger partial charge in [-0.25, -0.2) is 0 Å². The molecular weight excluding hydrogens is 286 g/mol. The van der Waals surface area contributed by atoms with E-state index in [1.165, 1.54) is 12.8 Å². The van der Waals surface area contributed by atoms with Crippen LogP contribution in [0.1, 0.15) is 44.4 Å². The minimum Gasteiger partial charge on any atom is -0.296 e. The summed E-state index contributed by atoms with van der Waals surface area (Å²) in [5.41, 5.74) is 5.17. The van der Waals surface area contributed by atoms with Gasteiger partial charge in [0, 0.05) is 24.2 Å². The maximum atomic E-state index is 6.39. The Morgan fingerprint density at radius 2 is 2.05 bits per heavy atom. The second-order valence-electron chi connectivity index (χ2n) is 6.31. The van der Waals surface area contributed by atoms with Gasteiger partial charge in [0.25, 0.3) is 0 Å². The predicted octanol–water partition coefficient (Wildman–Crippen LogP) is 2.02. The molecule has 1 aliphatic heterocycles. The quantitative estimate of drug-likeness (QED) is 0.623. The van der Waals surface area contributed by atoms with E-state index in [0.717, 1.165) is 37.2 Å². The first-order valence-electron chi connectivity index (χ1n) is 7.83. The lowest BCUT2D eigenvalue weighted by Gasteiger charge is -2.44. The van der Waals surface area contributed by atoms with E-state index in [-0.39, 0.29) is 11.6 Å². The van der Waals surface area contributed by atoms with Crippen molar-refractivity contribution < 1.29 is 0 Å². The monoisotopic (exact) mass is 313 g/mol. The molecule has 0 saturated carbocycles. The molecule has 2 atom stereocenters. The van der Waals surface area contributed by atoms with Gasteiger partial charge in [-0.1, -0.05) is 18.5 Å². The zero-order valence-electron chi connectivity index (χ0n) is 13.6. The van der Waals surface area contributed by atoms with Gasteiger partial charge in [-0.2, -0.15) is 5.10 Å². The molecule has 1 aliphatic rings. The van der Waals surface area contributed by atoms with E-state index >= 15 is 0 Å². The molecular formula is C15H28ClN5. The van der Waals surface area contributed by atoms with Crippen molar-refractivity contribution in [1.82, 2.24) is 20.1 Å². The van der Waals surface area contributed by atoms with Crippen LogP contribution in [-0.2, 0) is 13.5 Å². The molecule has 3 N–H and O–H groups in total. The fourth-order valence-corrected chi connectivity index (χ4v) is 3.74. The van der Waals surface area contributed by atoms with E-state index < -0.39 is 0 Å². The van der Waals surface area contributed by atoms with Gasteiger partial charge in [-0.05, 0) is 52.6 Å². The Bertz CT molecular complexity index is 481. The Hall–Kier alpha value is -0.620. The number of nitrogens with zero attached hydrogens (tertiary/aromatic N) is 3. The number of hydrazine groups is 1. The lowest BCUT2D eigenvalue weighted by molar-refractivity contribution is 0.0840. The molecule has 1 fully saturated rings. The lowest BCUT2D eigenvalue weighted by Crippen LogP contribution is -2.61. The van der Waals surface area contributed by atoms with Crippen LogP contribution in [0.15, 0.2) is 0 Å². The molecule has 2 heterocycles. The predicted molar refractivity (Wildman–Crippen MR) is 87.3 cm³/mol. The van der Waals surface area contributed by atoms with Gasteiger partial charge in [-0.15, -0.1) is 0 Å². The molecule has 0 radical (unpaired) electrons. The molecule has 1 aromatic rings. The number of nitrogens with one attached hydrogen (secondary N) is 1. The van der Waals surface area contributed by atoms with E-state index in [9.17, 15) is 0 Å². The smallest absolute Gasteiger partial charge is 0.130 e. The van der Waals surface area contributed by atoms with Crippen molar-refractivity contribution in [3.63, 3.8) is 0 Å². The minimum absolute atomic E-state index is 0.0386. The fraction of sp³-hybridized carbons (Fsp3) is 0.800. The molecule has 6 heteroatoms. The summed E-state index contributed by atoms with van der Waals surface area (Å²) in [6.07, 6.45) is 4.41. The van der Waals surface area contributed by atoms with Crippen molar-refractivity contribution >= 4 is 11.6 Å². The van der Waals surface area contributed by atoms with Crippen LogP contribution in [0.3, 0.4) is 0 Å². The highest BCUT2D eigenvalue weighted by Gasteiger charge is 2.39. The number of aryl methyl sites for hydroxylation is 2. The molecule has 2 rings (SSSR count). The summed E-state index contributed by atoms with van der Waals surface area (Å²) >= 11 is 6.39. The zero-order valence-corrected chi connectivity index (χ0v) is 14.4. The van der Waals surface area contributed by atoms with E-state index in [1.807, 2.05) is 14.0 Å². The lowest BCUT2D eigenvalue weighted by atomic mass is 9.84. The van der Waals surface area contributed by atoms with E-state index in [2.05, 4.69) is 29.3 Å². The number of nitrogens with two attached hydrogens (primary N) is 1. The van der Waals surface area contributed by atoms with Crippen molar-refractivity contribution in [2.24, 2.45) is 12.9 Å². The average Bonchev–Trinajstić information content (AvgIpc) is 3.08. The van der Waals surface area contributed by atoms with Gasteiger partial charge in [0.1, 0.15) is 5.15 Å². The second-order valence-corrected chi connectivity index (χ2v) is 6.66. The molecule has 1 saturated heterocycles. The summed E-state index contributed by atoms with van der Waals surface area (Å²) < 4.78 is 1.74. The highest BCUT2D eigenvalue weighted by molar-refractivity contribution is 6.30. The van der Waals surface area contributed by atoms with Crippen LogP contribution in [0, 0.1) is 6.92 Å². The summed E-state index contributed by atoms with van der Waals surface area (Å²) in [6, 6.07) is 0.154. The average molecular weight is 314 g/mol. The normalized spacial score (nSPS) is 20.7. The first-order chi connectivity index (χ1) is 9.93. The maximum Gasteiger partial charge on any atom is 0.130 e. The molecule has 0 bridgehead atoms. The van der Waals surface area contributed by atoms with E-state index in [0.29, 0.717) is 5.15 Å². The molecule has 21 heavy (non-hydrogen) atoms. The number of hydrogen-bond donors (Lipinski definition) is 2.